The zero-order valence-corrected chi connectivity index (χ0v) is 10.4. The van der Waals surface area contributed by atoms with Crippen LogP contribution in [0.1, 0.15) is 26.2 Å². The van der Waals surface area contributed by atoms with Crippen molar-refractivity contribution in [1.29, 1.82) is 0 Å². The molecule has 4 heterocycles. The molecule has 16 heavy (non-hydrogen) atoms. The lowest BCUT2D eigenvalue weighted by molar-refractivity contribution is -0.0118. The molecule has 2 N–H and O–H groups in total. The largest absolute Gasteiger partial charge is 0.326 e. The molecule has 4 fully saturated rings. The molecular formula is C13H25N3. The van der Waals surface area contributed by atoms with E-state index in [9.17, 15) is 0 Å². The van der Waals surface area contributed by atoms with E-state index in [2.05, 4.69) is 16.7 Å². The van der Waals surface area contributed by atoms with Crippen molar-refractivity contribution < 1.29 is 0 Å². The molecule has 0 aromatic carbocycles. The minimum atomic E-state index is 0.407. The van der Waals surface area contributed by atoms with Crippen LogP contribution in [-0.4, -0.2) is 54.6 Å². The van der Waals surface area contributed by atoms with E-state index < -0.39 is 0 Å². The van der Waals surface area contributed by atoms with Crippen molar-refractivity contribution in [3.05, 3.63) is 0 Å². The molecule has 3 heteroatoms. The van der Waals surface area contributed by atoms with Crippen LogP contribution in [0.3, 0.4) is 0 Å². The first kappa shape index (κ1) is 11.0. The average molecular weight is 223 g/mol. The van der Waals surface area contributed by atoms with Crippen LogP contribution in [0.15, 0.2) is 0 Å². The smallest absolute Gasteiger partial charge is 0.0252 e. The van der Waals surface area contributed by atoms with Crippen molar-refractivity contribution in [1.82, 2.24) is 9.80 Å². The summed E-state index contributed by atoms with van der Waals surface area (Å²) in [6.45, 7) is 8.72. The van der Waals surface area contributed by atoms with Crippen LogP contribution < -0.4 is 5.73 Å². The van der Waals surface area contributed by atoms with Gasteiger partial charge in [0.2, 0.25) is 0 Å². The van der Waals surface area contributed by atoms with Crippen molar-refractivity contribution in [2.24, 2.45) is 17.6 Å². The van der Waals surface area contributed by atoms with Gasteiger partial charge in [-0.15, -0.1) is 0 Å². The molecule has 0 aromatic rings. The second-order valence-electron chi connectivity index (χ2n) is 6.13. The summed E-state index contributed by atoms with van der Waals surface area (Å²) in [7, 11) is 0. The number of nitrogens with zero attached hydrogens (tertiary/aromatic N) is 2. The molecule has 0 spiro atoms. The molecule has 0 aliphatic carbocycles. The van der Waals surface area contributed by atoms with Crippen molar-refractivity contribution in [3.63, 3.8) is 0 Å². The van der Waals surface area contributed by atoms with E-state index in [0.717, 1.165) is 24.4 Å². The summed E-state index contributed by atoms with van der Waals surface area (Å²) >= 11 is 0. The minimum absolute atomic E-state index is 0.407. The lowest BCUT2D eigenvalue weighted by atomic mass is 9.81. The minimum Gasteiger partial charge on any atom is -0.326 e. The monoisotopic (exact) mass is 223 g/mol. The molecule has 4 saturated heterocycles. The standard InChI is InChI=1S/C13H25N3/c1-10-2-7-16(8-12(10)14)13-9-15-5-3-11(13)4-6-15/h10-13H,2-9,14H2,1H3. The molecular weight excluding hydrogens is 198 g/mol. The molecule has 0 aromatic heterocycles. The highest BCUT2D eigenvalue weighted by Crippen LogP contribution is 2.32. The summed E-state index contributed by atoms with van der Waals surface area (Å²) in [6.07, 6.45) is 4.14. The summed E-state index contributed by atoms with van der Waals surface area (Å²) in [5.74, 6) is 1.68. The van der Waals surface area contributed by atoms with Crippen LogP contribution in [-0.2, 0) is 0 Å². The SMILES string of the molecule is CC1CCN(C2CN3CCC2CC3)CC1N. The molecule has 3 atom stereocenters. The highest BCUT2D eigenvalue weighted by Gasteiger charge is 2.39. The van der Waals surface area contributed by atoms with Crippen molar-refractivity contribution in [2.45, 2.75) is 38.3 Å². The van der Waals surface area contributed by atoms with E-state index in [-0.39, 0.29) is 0 Å². The van der Waals surface area contributed by atoms with Gasteiger partial charge < -0.3 is 10.6 Å². The quantitative estimate of drug-likeness (QED) is 0.712. The van der Waals surface area contributed by atoms with E-state index in [1.165, 1.54) is 45.4 Å². The summed E-state index contributed by atoms with van der Waals surface area (Å²) in [5.41, 5.74) is 6.22. The summed E-state index contributed by atoms with van der Waals surface area (Å²) in [6, 6.07) is 1.23. The highest BCUT2D eigenvalue weighted by molar-refractivity contribution is 4.95. The third-order valence-corrected chi connectivity index (χ3v) is 5.14. The third kappa shape index (κ3) is 1.89. The van der Waals surface area contributed by atoms with Crippen LogP contribution in [0.25, 0.3) is 0 Å². The van der Waals surface area contributed by atoms with Gasteiger partial charge in [-0.3, -0.25) is 4.90 Å². The van der Waals surface area contributed by atoms with E-state index >= 15 is 0 Å². The maximum absolute atomic E-state index is 6.22. The van der Waals surface area contributed by atoms with E-state index in [1.807, 2.05) is 0 Å². The fraction of sp³-hybridized carbons (Fsp3) is 1.00. The number of hydrogen-bond donors (Lipinski definition) is 1. The fourth-order valence-corrected chi connectivity index (χ4v) is 3.77. The molecule has 4 aliphatic rings. The Bertz CT molecular complexity index is 248. The van der Waals surface area contributed by atoms with Crippen LogP contribution in [0.5, 0.6) is 0 Å². The van der Waals surface area contributed by atoms with Crippen molar-refractivity contribution in [3.8, 4) is 0 Å². The Balaban J connectivity index is 1.65. The molecule has 4 rings (SSSR count). The molecule has 0 amide bonds. The van der Waals surface area contributed by atoms with Crippen LogP contribution >= 0.6 is 0 Å². The van der Waals surface area contributed by atoms with Gasteiger partial charge in [-0.25, -0.2) is 0 Å². The van der Waals surface area contributed by atoms with Gasteiger partial charge >= 0.3 is 0 Å². The van der Waals surface area contributed by atoms with Crippen molar-refractivity contribution in [2.75, 3.05) is 32.7 Å². The van der Waals surface area contributed by atoms with Gasteiger partial charge in [0.05, 0.1) is 0 Å². The van der Waals surface area contributed by atoms with Crippen LogP contribution in [0, 0.1) is 11.8 Å². The molecule has 0 saturated carbocycles. The first-order valence-electron chi connectivity index (χ1n) is 6.96. The second-order valence-corrected chi connectivity index (χ2v) is 6.13. The number of piperidine rings is 4. The Labute approximate surface area is 99.0 Å². The van der Waals surface area contributed by atoms with Gasteiger partial charge in [0, 0.05) is 25.2 Å². The Kier molecular flexibility index (Phi) is 2.94. The summed E-state index contributed by atoms with van der Waals surface area (Å²) in [5, 5.41) is 0. The summed E-state index contributed by atoms with van der Waals surface area (Å²) < 4.78 is 0. The summed E-state index contributed by atoms with van der Waals surface area (Å²) in [4.78, 5) is 5.34. The molecule has 92 valence electrons. The van der Waals surface area contributed by atoms with Gasteiger partial charge in [0.15, 0.2) is 0 Å². The second kappa shape index (κ2) is 4.28. The van der Waals surface area contributed by atoms with Gasteiger partial charge in [0.25, 0.3) is 0 Å². The number of likely N-dealkylation sites (tertiary alicyclic amines) is 1. The lowest BCUT2D eigenvalue weighted by Gasteiger charge is -2.51. The first-order valence-corrected chi connectivity index (χ1v) is 6.96. The highest BCUT2D eigenvalue weighted by atomic mass is 15.3. The number of hydrogen-bond acceptors (Lipinski definition) is 3. The zero-order chi connectivity index (χ0) is 11.1. The Morgan fingerprint density at radius 2 is 1.75 bits per heavy atom. The fourth-order valence-electron chi connectivity index (χ4n) is 3.77. The number of fused-ring (bicyclic) bond motifs is 3. The van der Waals surface area contributed by atoms with E-state index in [0.29, 0.717) is 6.04 Å². The normalized spacial score (nSPS) is 49.5. The lowest BCUT2D eigenvalue weighted by Crippen LogP contribution is -2.61. The molecule has 4 aliphatic heterocycles. The molecule has 2 bridgehead atoms. The first-order chi connectivity index (χ1) is 7.74. The Morgan fingerprint density at radius 3 is 2.31 bits per heavy atom. The van der Waals surface area contributed by atoms with Crippen LogP contribution in [0.4, 0.5) is 0 Å². The Hall–Kier alpha value is -0.120. The van der Waals surface area contributed by atoms with Gasteiger partial charge in [0.1, 0.15) is 0 Å². The van der Waals surface area contributed by atoms with Gasteiger partial charge in [-0.1, -0.05) is 6.92 Å². The van der Waals surface area contributed by atoms with Gasteiger partial charge in [-0.05, 0) is 50.7 Å². The number of nitrogens with two attached hydrogens (primary N) is 1. The van der Waals surface area contributed by atoms with E-state index in [4.69, 9.17) is 5.73 Å². The number of rotatable bonds is 1. The predicted octanol–water partition coefficient (Wildman–Crippen LogP) is 0.750. The maximum Gasteiger partial charge on any atom is 0.0252 e. The third-order valence-electron chi connectivity index (χ3n) is 5.14. The van der Waals surface area contributed by atoms with Crippen molar-refractivity contribution >= 4 is 0 Å². The topological polar surface area (TPSA) is 32.5 Å². The predicted molar refractivity (Wildman–Crippen MR) is 66.3 cm³/mol. The average Bonchev–Trinajstić information content (AvgIpc) is 2.34. The maximum atomic E-state index is 6.22. The Morgan fingerprint density at radius 1 is 1.00 bits per heavy atom. The van der Waals surface area contributed by atoms with Crippen LogP contribution in [0.2, 0.25) is 0 Å². The zero-order valence-electron chi connectivity index (χ0n) is 10.4. The molecule has 0 radical (unpaired) electrons. The van der Waals surface area contributed by atoms with Gasteiger partial charge in [-0.2, -0.15) is 0 Å². The molecule has 3 unspecified atom stereocenters. The van der Waals surface area contributed by atoms with E-state index in [1.54, 1.807) is 0 Å². The molecule has 3 nitrogen and oxygen atoms in total.